The molecule has 73 valence electrons. The van der Waals surface area contributed by atoms with Crippen molar-refractivity contribution in [3.63, 3.8) is 0 Å². The average Bonchev–Trinajstić information content (AvgIpc) is 2.30. The van der Waals surface area contributed by atoms with Crippen molar-refractivity contribution in [2.45, 2.75) is 18.9 Å². The average molecular weight is 203 g/mol. The SMILES string of the molecule is C=Cc1ccc([Si]2CCCCO2)cc1. The molecule has 1 aliphatic rings. The first-order valence-electron chi connectivity index (χ1n) is 5.11. The second-order valence-corrected chi connectivity index (χ2v) is 5.77. The molecule has 1 nitrogen and oxygen atoms in total. The molecule has 0 aliphatic carbocycles. The Morgan fingerprint density at radius 2 is 2.00 bits per heavy atom. The Balaban J connectivity index is 2.11. The van der Waals surface area contributed by atoms with Crippen molar-refractivity contribution in [1.29, 1.82) is 0 Å². The summed E-state index contributed by atoms with van der Waals surface area (Å²) in [6.45, 7) is 4.71. The smallest absolute Gasteiger partial charge is 0.246 e. The van der Waals surface area contributed by atoms with Crippen LogP contribution in [-0.4, -0.2) is 15.6 Å². The summed E-state index contributed by atoms with van der Waals surface area (Å²) in [7, 11) is -0.684. The van der Waals surface area contributed by atoms with E-state index < -0.39 is 9.04 Å². The molecule has 0 bridgehead atoms. The highest BCUT2D eigenvalue weighted by atomic mass is 28.3. The molecule has 1 radical (unpaired) electrons. The van der Waals surface area contributed by atoms with Gasteiger partial charge in [-0.3, -0.25) is 0 Å². The molecule has 1 fully saturated rings. The van der Waals surface area contributed by atoms with E-state index in [9.17, 15) is 0 Å². The minimum absolute atomic E-state index is 0.684. The fourth-order valence-electron chi connectivity index (χ4n) is 1.69. The summed E-state index contributed by atoms with van der Waals surface area (Å²) in [5.41, 5.74) is 1.19. The highest BCUT2D eigenvalue weighted by Crippen LogP contribution is 2.11. The van der Waals surface area contributed by atoms with E-state index in [1.165, 1.54) is 29.6 Å². The van der Waals surface area contributed by atoms with E-state index in [0.717, 1.165) is 6.61 Å². The Labute approximate surface area is 87.1 Å². The van der Waals surface area contributed by atoms with Gasteiger partial charge >= 0.3 is 0 Å². The lowest BCUT2D eigenvalue weighted by molar-refractivity contribution is 0.294. The lowest BCUT2D eigenvalue weighted by Crippen LogP contribution is -2.36. The van der Waals surface area contributed by atoms with Crippen molar-refractivity contribution in [1.82, 2.24) is 0 Å². The quantitative estimate of drug-likeness (QED) is 0.670. The molecule has 14 heavy (non-hydrogen) atoms. The second kappa shape index (κ2) is 4.58. The van der Waals surface area contributed by atoms with Gasteiger partial charge in [-0.2, -0.15) is 0 Å². The van der Waals surface area contributed by atoms with Gasteiger partial charge in [-0.15, -0.1) is 0 Å². The zero-order chi connectivity index (χ0) is 9.80. The third kappa shape index (κ3) is 2.14. The minimum atomic E-state index is -0.684. The van der Waals surface area contributed by atoms with Crippen LogP contribution >= 0.6 is 0 Å². The Morgan fingerprint density at radius 1 is 1.21 bits per heavy atom. The van der Waals surface area contributed by atoms with Gasteiger partial charge in [0, 0.05) is 6.61 Å². The Morgan fingerprint density at radius 3 is 2.57 bits per heavy atom. The van der Waals surface area contributed by atoms with Gasteiger partial charge < -0.3 is 4.43 Å². The first-order valence-corrected chi connectivity index (χ1v) is 6.73. The summed E-state index contributed by atoms with van der Waals surface area (Å²) in [4.78, 5) is 0. The molecule has 1 aromatic rings. The molecule has 0 saturated carbocycles. The molecular weight excluding hydrogens is 188 g/mol. The van der Waals surface area contributed by atoms with Gasteiger partial charge in [-0.25, -0.2) is 0 Å². The van der Waals surface area contributed by atoms with Crippen LogP contribution in [0.3, 0.4) is 0 Å². The number of hydrogen-bond acceptors (Lipinski definition) is 1. The summed E-state index contributed by atoms with van der Waals surface area (Å²) < 4.78 is 5.81. The van der Waals surface area contributed by atoms with Crippen LogP contribution in [0.15, 0.2) is 30.8 Å². The molecule has 0 N–H and O–H groups in total. The number of rotatable bonds is 2. The predicted molar refractivity (Wildman–Crippen MR) is 61.9 cm³/mol. The Kier molecular flexibility index (Phi) is 3.17. The molecule has 0 aromatic heterocycles. The van der Waals surface area contributed by atoms with Crippen molar-refractivity contribution in [3.05, 3.63) is 36.4 Å². The third-order valence-corrected chi connectivity index (χ3v) is 4.88. The van der Waals surface area contributed by atoms with E-state index in [1.54, 1.807) is 0 Å². The highest BCUT2D eigenvalue weighted by Gasteiger charge is 2.18. The molecule has 0 unspecified atom stereocenters. The fourth-order valence-corrected chi connectivity index (χ4v) is 3.79. The van der Waals surface area contributed by atoms with Crippen LogP contribution in [0, 0.1) is 0 Å². The first kappa shape index (κ1) is 9.68. The van der Waals surface area contributed by atoms with Crippen LogP contribution in [-0.2, 0) is 4.43 Å². The van der Waals surface area contributed by atoms with Crippen molar-refractivity contribution in [3.8, 4) is 0 Å². The monoisotopic (exact) mass is 203 g/mol. The maximum absolute atomic E-state index is 5.81. The lowest BCUT2D eigenvalue weighted by Gasteiger charge is -2.20. The molecule has 2 heteroatoms. The van der Waals surface area contributed by atoms with Crippen molar-refractivity contribution >= 4 is 20.3 Å². The first-order chi connectivity index (χ1) is 6.90. The summed E-state index contributed by atoms with van der Waals surface area (Å²) >= 11 is 0. The van der Waals surface area contributed by atoms with Crippen molar-refractivity contribution in [2.75, 3.05) is 6.61 Å². The standard InChI is InChI=1S/C12H15OSi/c1-2-11-5-7-12(8-6-11)14-10-4-3-9-13-14/h2,5-8H,1,3-4,9-10H2. The fraction of sp³-hybridized carbons (Fsp3) is 0.333. The van der Waals surface area contributed by atoms with E-state index in [2.05, 4.69) is 30.8 Å². The van der Waals surface area contributed by atoms with Crippen molar-refractivity contribution in [2.24, 2.45) is 0 Å². The van der Waals surface area contributed by atoms with Gasteiger partial charge in [0.1, 0.15) is 0 Å². The van der Waals surface area contributed by atoms with E-state index in [-0.39, 0.29) is 0 Å². The van der Waals surface area contributed by atoms with Gasteiger partial charge in [-0.1, -0.05) is 43.3 Å². The third-order valence-electron chi connectivity index (χ3n) is 2.54. The van der Waals surface area contributed by atoms with E-state index >= 15 is 0 Å². The maximum Gasteiger partial charge on any atom is 0.246 e. The van der Waals surface area contributed by atoms with Crippen LogP contribution in [0.2, 0.25) is 6.04 Å². The van der Waals surface area contributed by atoms with Crippen molar-refractivity contribution < 1.29 is 4.43 Å². The van der Waals surface area contributed by atoms with E-state index in [1.807, 2.05) is 6.08 Å². The van der Waals surface area contributed by atoms with Gasteiger partial charge in [-0.05, 0) is 23.2 Å². The van der Waals surface area contributed by atoms with Gasteiger partial charge in [0.05, 0.1) is 0 Å². The predicted octanol–water partition coefficient (Wildman–Crippen LogP) is 2.34. The molecule has 1 saturated heterocycles. The van der Waals surface area contributed by atoms with Crippen LogP contribution in [0.4, 0.5) is 0 Å². The minimum Gasteiger partial charge on any atom is -0.412 e. The van der Waals surface area contributed by atoms with Crippen LogP contribution in [0.1, 0.15) is 18.4 Å². The Hall–Kier alpha value is -0.863. The maximum atomic E-state index is 5.81. The zero-order valence-corrected chi connectivity index (χ0v) is 9.33. The lowest BCUT2D eigenvalue weighted by atomic mass is 10.2. The highest BCUT2D eigenvalue weighted by molar-refractivity contribution is 6.67. The molecule has 1 heterocycles. The summed E-state index contributed by atoms with van der Waals surface area (Å²) in [6.07, 6.45) is 4.44. The summed E-state index contributed by atoms with van der Waals surface area (Å²) in [6, 6.07) is 9.89. The molecule has 0 atom stereocenters. The van der Waals surface area contributed by atoms with E-state index in [4.69, 9.17) is 4.43 Å². The summed E-state index contributed by atoms with van der Waals surface area (Å²) in [5.74, 6) is 0. The topological polar surface area (TPSA) is 9.23 Å². The largest absolute Gasteiger partial charge is 0.412 e. The van der Waals surface area contributed by atoms with E-state index in [0.29, 0.717) is 0 Å². The molecule has 1 aromatic carbocycles. The summed E-state index contributed by atoms with van der Waals surface area (Å²) in [5, 5.41) is 1.40. The molecular formula is C12H15OSi. The zero-order valence-electron chi connectivity index (χ0n) is 8.33. The second-order valence-electron chi connectivity index (χ2n) is 3.55. The molecule has 2 rings (SSSR count). The molecule has 0 amide bonds. The number of hydrogen-bond donors (Lipinski definition) is 0. The number of benzene rings is 1. The Bertz CT molecular complexity index is 299. The van der Waals surface area contributed by atoms with Gasteiger partial charge in [0.25, 0.3) is 0 Å². The van der Waals surface area contributed by atoms with Crippen LogP contribution < -0.4 is 5.19 Å². The normalized spacial score (nSPS) is 18.0. The molecule has 0 spiro atoms. The van der Waals surface area contributed by atoms with Gasteiger partial charge in [0.2, 0.25) is 9.04 Å². The van der Waals surface area contributed by atoms with Crippen LogP contribution in [0.5, 0.6) is 0 Å². The van der Waals surface area contributed by atoms with Gasteiger partial charge in [0.15, 0.2) is 0 Å². The van der Waals surface area contributed by atoms with Crippen LogP contribution in [0.25, 0.3) is 6.08 Å². The molecule has 1 aliphatic heterocycles.